The number of thiazole rings is 1. The van der Waals surface area contributed by atoms with E-state index in [2.05, 4.69) is 10.3 Å². The molecule has 9 rings (SSSR count). The summed E-state index contributed by atoms with van der Waals surface area (Å²) in [5, 5.41) is 5.82. The van der Waals surface area contributed by atoms with E-state index in [9.17, 15) is 19.2 Å². The van der Waals surface area contributed by atoms with Crippen molar-refractivity contribution in [2.75, 3.05) is 23.9 Å². The average molecular weight is 690 g/mol. The number of hydrogen-bond acceptors (Lipinski definition) is 8. The number of carbonyl (C=O) groups is 3. The van der Waals surface area contributed by atoms with Crippen LogP contribution in [0.4, 0.5) is 11.4 Å². The molecule has 3 amide bonds. The van der Waals surface area contributed by atoms with Crippen LogP contribution in [-0.2, 0) is 14.4 Å². The number of aromatic nitrogens is 1. The van der Waals surface area contributed by atoms with Gasteiger partial charge in [0.15, 0.2) is 6.61 Å². The lowest BCUT2D eigenvalue weighted by Crippen LogP contribution is -2.42. The van der Waals surface area contributed by atoms with Gasteiger partial charge in [0.1, 0.15) is 11.5 Å². The Balaban J connectivity index is 1.03. The number of carbonyl (C=O) groups excluding carboxylic acids is 3. The summed E-state index contributed by atoms with van der Waals surface area (Å²) >= 11 is 2.83. The van der Waals surface area contributed by atoms with E-state index in [1.165, 1.54) is 16.2 Å². The first kappa shape index (κ1) is 30.2. The Morgan fingerprint density at radius 2 is 1.63 bits per heavy atom. The van der Waals surface area contributed by atoms with Gasteiger partial charge in [-0.1, -0.05) is 65.9 Å². The van der Waals surface area contributed by atoms with Crippen LogP contribution in [0, 0.1) is 29.6 Å². The smallest absolute Gasteiger partial charge is 0.305 e. The Morgan fingerprint density at radius 1 is 0.898 bits per heavy atom. The lowest BCUT2D eigenvalue weighted by atomic mass is 9.68. The molecule has 7 atom stereocenters. The Hall–Kier alpha value is -4.87. The fourth-order valence-electron chi connectivity index (χ4n) is 8.88. The molecule has 1 saturated heterocycles. The van der Waals surface area contributed by atoms with E-state index in [0.29, 0.717) is 22.9 Å². The maximum absolute atomic E-state index is 14.1. The van der Waals surface area contributed by atoms with Gasteiger partial charge in [-0.15, -0.1) is 11.8 Å². The molecule has 4 aromatic carbocycles. The number of imide groups is 1. The van der Waals surface area contributed by atoms with E-state index in [0.717, 1.165) is 32.7 Å². The van der Waals surface area contributed by atoms with Crippen LogP contribution < -0.4 is 24.6 Å². The van der Waals surface area contributed by atoms with Crippen LogP contribution in [0.2, 0.25) is 0 Å². The third kappa shape index (κ3) is 4.74. The Labute approximate surface area is 289 Å². The predicted molar refractivity (Wildman–Crippen MR) is 188 cm³/mol. The molecule has 2 saturated carbocycles. The number of anilines is 2. The van der Waals surface area contributed by atoms with Crippen LogP contribution >= 0.6 is 23.1 Å². The molecule has 2 aliphatic heterocycles. The Morgan fingerprint density at radius 3 is 2.45 bits per heavy atom. The van der Waals surface area contributed by atoms with Crippen LogP contribution in [0.15, 0.2) is 101 Å². The monoisotopic (exact) mass is 689 g/mol. The molecule has 2 N–H and O–H groups in total. The molecule has 2 bridgehead atoms. The standard InChI is InChI=1S/C38H31N3O6S2/c1-46-21-15-13-20(14-16-21)41-36(43)31-24-17-25(32(31)37(41)44)33-30(24)29(34-35(48-33)40-38(45)49-34)23-10-4-5-12-27(23)47-18-28(42)39-26-11-6-8-19-7-2-3-9-22(19)26/h2-16,24-25,29-33H,17-18H2,1H3,(H,39,42)(H,40,45)/t24-,25-,29-,30?,31?,32?,33?/m1/s1. The molecule has 3 fully saturated rings. The molecule has 9 nitrogen and oxygen atoms in total. The summed E-state index contributed by atoms with van der Waals surface area (Å²) in [7, 11) is 1.58. The van der Waals surface area contributed by atoms with E-state index in [1.54, 1.807) is 43.1 Å². The zero-order chi connectivity index (χ0) is 33.4. The topological polar surface area (TPSA) is 118 Å². The fourth-order valence-corrected chi connectivity index (χ4v) is 11.8. The van der Waals surface area contributed by atoms with Crippen molar-refractivity contribution in [3.05, 3.63) is 111 Å². The molecular weight excluding hydrogens is 659 g/mol. The van der Waals surface area contributed by atoms with Gasteiger partial charge in [-0.3, -0.25) is 24.1 Å². The highest BCUT2D eigenvalue weighted by Gasteiger charge is 2.69. The molecule has 0 radical (unpaired) electrons. The van der Waals surface area contributed by atoms with Gasteiger partial charge in [-0.2, -0.15) is 0 Å². The van der Waals surface area contributed by atoms with Crippen molar-refractivity contribution >= 4 is 63.0 Å². The van der Waals surface area contributed by atoms with Crippen LogP contribution in [0.25, 0.3) is 10.8 Å². The molecule has 3 heterocycles. The lowest BCUT2D eigenvalue weighted by molar-refractivity contribution is -0.123. The maximum Gasteiger partial charge on any atom is 0.305 e. The Bertz CT molecular complexity index is 2210. The number of nitrogens with zero attached hydrogens (tertiary/aromatic N) is 1. The number of fused-ring (bicyclic) bond motifs is 10. The van der Waals surface area contributed by atoms with E-state index >= 15 is 0 Å². The number of methoxy groups -OCH3 is 1. The number of rotatable bonds is 7. The second kappa shape index (κ2) is 11.6. The first-order valence-corrected chi connectivity index (χ1v) is 18.0. The summed E-state index contributed by atoms with van der Waals surface area (Å²) in [5.41, 5.74) is 2.14. The normalized spacial score (nSPS) is 26.4. The third-order valence-corrected chi connectivity index (χ3v) is 13.3. The van der Waals surface area contributed by atoms with Crippen LogP contribution in [0.3, 0.4) is 0 Å². The summed E-state index contributed by atoms with van der Waals surface area (Å²) < 4.78 is 11.6. The number of thioether (sulfide) groups is 1. The summed E-state index contributed by atoms with van der Waals surface area (Å²) in [6.45, 7) is -0.202. The zero-order valence-corrected chi connectivity index (χ0v) is 28.0. The van der Waals surface area contributed by atoms with Crippen LogP contribution in [0.5, 0.6) is 11.5 Å². The van der Waals surface area contributed by atoms with Crippen LogP contribution in [0.1, 0.15) is 22.8 Å². The van der Waals surface area contributed by atoms with Gasteiger partial charge >= 0.3 is 4.87 Å². The van der Waals surface area contributed by atoms with Gasteiger partial charge in [0.25, 0.3) is 5.91 Å². The average Bonchev–Trinajstić information content (AvgIpc) is 3.86. The second-order valence-corrected chi connectivity index (χ2v) is 15.3. The quantitative estimate of drug-likeness (QED) is 0.193. The molecule has 5 aromatic rings. The van der Waals surface area contributed by atoms with Gasteiger partial charge in [-0.05, 0) is 66.0 Å². The number of nitrogens with one attached hydrogen (secondary N) is 2. The minimum Gasteiger partial charge on any atom is -0.497 e. The van der Waals surface area contributed by atoms with Crippen molar-refractivity contribution in [3.8, 4) is 11.5 Å². The van der Waals surface area contributed by atoms with E-state index in [-0.39, 0.29) is 58.1 Å². The van der Waals surface area contributed by atoms with Gasteiger partial charge < -0.3 is 19.8 Å². The molecule has 0 spiro atoms. The van der Waals surface area contributed by atoms with Crippen molar-refractivity contribution in [2.24, 2.45) is 29.6 Å². The van der Waals surface area contributed by atoms with E-state index < -0.39 is 11.8 Å². The first-order valence-electron chi connectivity index (χ1n) is 16.3. The van der Waals surface area contributed by atoms with E-state index in [1.807, 2.05) is 66.7 Å². The largest absolute Gasteiger partial charge is 0.497 e. The second-order valence-electron chi connectivity index (χ2n) is 13.1. The molecule has 11 heteroatoms. The minimum absolute atomic E-state index is 0.00275. The van der Waals surface area contributed by atoms with E-state index in [4.69, 9.17) is 9.47 Å². The summed E-state index contributed by atoms with van der Waals surface area (Å²) in [6.07, 6.45) is 0.776. The number of para-hydroxylation sites is 1. The highest BCUT2D eigenvalue weighted by atomic mass is 32.2. The summed E-state index contributed by atoms with van der Waals surface area (Å²) in [6, 6.07) is 28.4. The molecule has 49 heavy (non-hydrogen) atoms. The van der Waals surface area contributed by atoms with Crippen molar-refractivity contribution in [1.82, 2.24) is 4.98 Å². The molecule has 4 aliphatic rings. The highest BCUT2D eigenvalue weighted by molar-refractivity contribution is 8.00. The molecule has 2 aliphatic carbocycles. The number of ether oxygens (including phenoxy) is 2. The van der Waals surface area contributed by atoms with Crippen molar-refractivity contribution in [3.63, 3.8) is 0 Å². The fraction of sp³-hybridized carbons (Fsp3) is 0.263. The number of aromatic amines is 1. The molecular formula is C38H31N3O6S2. The summed E-state index contributed by atoms with van der Waals surface area (Å²) in [5.74, 6) is -0.502. The SMILES string of the molecule is COc1ccc(N2C(=O)C3C(C2=O)[C@@H]2C[C@H]3C3Sc4[nH]c(=O)sc4[C@H](c4ccccc4OCC(=O)Nc4cccc5ccccc45)C32)cc1. The maximum atomic E-state index is 14.1. The van der Waals surface area contributed by atoms with Gasteiger partial charge in [0.05, 0.1) is 29.7 Å². The molecule has 1 aromatic heterocycles. The van der Waals surface area contributed by atoms with Crippen molar-refractivity contribution in [1.29, 1.82) is 0 Å². The third-order valence-electron chi connectivity index (χ3n) is 10.7. The van der Waals surface area contributed by atoms with Gasteiger partial charge in [0, 0.05) is 32.7 Å². The van der Waals surface area contributed by atoms with Gasteiger partial charge in [-0.25, -0.2) is 0 Å². The molecule has 4 unspecified atom stereocenters. The highest BCUT2D eigenvalue weighted by Crippen LogP contribution is 2.69. The molecule has 246 valence electrons. The minimum atomic E-state index is -0.430. The zero-order valence-electron chi connectivity index (χ0n) is 26.3. The lowest BCUT2D eigenvalue weighted by Gasteiger charge is -2.43. The van der Waals surface area contributed by atoms with Crippen LogP contribution in [-0.4, -0.2) is 41.7 Å². The number of amides is 3. The van der Waals surface area contributed by atoms with Crippen molar-refractivity contribution < 1.29 is 23.9 Å². The number of H-pyrrole nitrogens is 1. The predicted octanol–water partition coefficient (Wildman–Crippen LogP) is 6.29. The van der Waals surface area contributed by atoms with Crippen molar-refractivity contribution in [2.45, 2.75) is 22.6 Å². The first-order chi connectivity index (χ1) is 23.9. The number of hydrogen-bond donors (Lipinski definition) is 2. The summed E-state index contributed by atoms with van der Waals surface area (Å²) in [4.78, 5) is 59.3. The van der Waals surface area contributed by atoms with Gasteiger partial charge in [0.2, 0.25) is 11.8 Å². The number of benzene rings is 4. The Kier molecular flexibility index (Phi) is 7.17.